The molecule has 1 N–H and O–H groups in total. The number of hydrogen-bond donors (Lipinski definition) is 1. The van der Waals surface area contributed by atoms with Crippen molar-refractivity contribution < 1.29 is 4.79 Å². The molecule has 0 unspecified atom stereocenters. The Morgan fingerprint density at radius 3 is 2.67 bits per heavy atom. The van der Waals surface area contributed by atoms with Gasteiger partial charge < -0.3 is 10.2 Å². The van der Waals surface area contributed by atoms with E-state index in [1.807, 2.05) is 11.8 Å². The van der Waals surface area contributed by atoms with Crippen LogP contribution in [-0.2, 0) is 11.3 Å². The molecule has 1 aromatic heterocycles. The van der Waals surface area contributed by atoms with Crippen LogP contribution in [0.15, 0.2) is 5.38 Å². The molecule has 0 bridgehead atoms. The number of likely N-dealkylation sites (tertiary alicyclic amines) is 1. The minimum absolute atomic E-state index is 0.233. The van der Waals surface area contributed by atoms with E-state index < -0.39 is 0 Å². The number of nitrogens with zero attached hydrogens (tertiary/aromatic N) is 3. The lowest BCUT2D eigenvalue weighted by molar-refractivity contribution is -0.137. The van der Waals surface area contributed by atoms with Gasteiger partial charge in [0.25, 0.3) is 0 Å². The second kappa shape index (κ2) is 6.85. The van der Waals surface area contributed by atoms with Gasteiger partial charge in [0.05, 0.1) is 10.7 Å². The molecule has 2 fully saturated rings. The van der Waals surface area contributed by atoms with Crippen LogP contribution in [0.25, 0.3) is 0 Å². The molecule has 1 aromatic rings. The van der Waals surface area contributed by atoms with Crippen molar-refractivity contribution in [2.24, 2.45) is 5.92 Å². The van der Waals surface area contributed by atoms with E-state index in [2.05, 4.69) is 20.6 Å². The summed E-state index contributed by atoms with van der Waals surface area (Å²) in [6.45, 7) is 8.62. The number of thiazole rings is 1. The first kappa shape index (κ1) is 14.9. The normalized spacial score (nSPS) is 21.7. The zero-order valence-electron chi connectivity index (χ0n) is 12.7. The quantitative estimate of drug-likeness (QED) is 0.908. The molecule has 6 heteroatoms. The second-order valence-corrected chi connectivity index (χ2v) is 7.05. The average molecular weight is 308 g/mol. The molecule has 116 valence electrons. The van der Waals surface area contributed by atoms with E-state index in [1.54, 1.807) is 11.3 Å². The standard InChI is InChI=1S/C15H24N4OS/c1-12-17-14(11-21-12)10-18-6-2-13(3-7-18)15(20)19-8-4-16-5-9-19/h11,13,16H,2-10H2,1H3. The Morgan fingerprint density at radius 1 is 1.33 bits per heavy atom. The van der Waals surface area contributed by atoms with Crippen molar-refractivity contribution in [2.45, 2.75) is 26.3 Å². The Balaban J connectivity index is 1.47. The van der Waals surface area contributed by atoms with Crippen molar-refractivity contribution in [1.29, 1.82) is 0 Å². The molecule has 0 aromatic carbocycles. The van der Waals surface area contributed by atoms with E-state index in [0.29, 0.717) is 5.91 Å². The summed E-state index contributed by atoms with van der Waals surface area (Å²) in [6, 6.07) is 0. The fraction of sp³-hybridized carbons (Fsp3) is 0.733. The average Bonchev–Trinajstić information content (AvgIpc) is 2.93. The number of rotatable bonds is 3. The van der Waals surface area contributed by atoms with Crippen LogP contribution in [0.5, 0.6) is 0 Å². The summed E-state index contributed by atoms with van der Waals surface area (Å²) in [6.07, 6.45) is 1.98. The van der Waals surface area contributed by atoms with Gasteiger partial charge in [-0.1, -0.05) is 0 Å². The summed E-state index contributed by atoms with van der Waals surface area (Å²) in [4.78, 5) is 21.5. The molecule has 2 saturated heterocycles. The molecule has 2 aliphatic heterocycles. The molecule has 0 atom stereocenters. The monoisotopic (exact) mass is 308 g/mol. The van der Waals surface area contributed by atoms with E-state index in [9.17, 15) is 4.79 Å². The van der Waals surface area contributed by atoms with Crippen molar-refractivity contribution >= 4 is 17.2 Å². The van der Waals surface area contributed by atoms with Crippen molar-refractivity contribution in [3.63, 3.8) is 0 Å². The number of carbonyl (C=O) groups excluding carboxylic acids is 1. The third-order valence-corrected chi connectivity index (χ3v) is 5.24. The highest BCUT2D eigenvalue weighted by Gasteiger charge is 2.29. The summed E-state index contributed by atoms with van der Waals surface area (Å²) in [5.41, 5.74) is 1.17. The van der Waals surface area contributed by atoms with E-state index in [0.717, 1.165) is 63.7 Å². The predicted molar refractivity (Wildman–Crippen MR) is 84.3 cm³/mol. The number of carbonyl (C=O) groups is 1. The number of aryl methyl sites for hydroxylation is 1. The predicted octanol–water partition coefficient (Wildman–Crippen LogP) is 1.10. The maximum atomic E-state index is 12.5. The highest BCUT2D eigenvalue weighted by atomic mass is 32.1. The van der Waals surface area contributed by atoms with Crippen molar-refractivity contribution in [1.82, 2.24) is 20.1 Å². The van der Waals surface area contributed by atoms with Gasteiger partial charge in [-0.15, -0.1) is 11.3 Å². The van der Waals surface area contributed by atoms with Crippen LogP contribution in [-0.4, -0.2) is 60.0 Å². The first-order valence-electron chi connectivity index (χ1n) is 7.85. The van der Waals surface area contributed by atoms with Gasteiger partial charge in [-0.2, -0.15) is 0 Å². The maximum Gasteiger partial charge on any atom is 0.225 e. The fourth-order valence-corrected chi connectivity index (χ4v) is 3.80. The summed E-state index contributed by atoms with van der Waals surface area (Å²) in [7, 11) is 0. The molecular formula is C15H24N4OS. The lowest BCUT2D eigenvalue weighted by atomic mass is 9.95. The molecule has 3 rings (SSSR count). The van der Waals surface area contributed by atoms with Crippen LogP contribution in [0.2, 0.25) is 0 Å². The topological polar surface area (TPSA) is 48.5 Å². The Morgan fingerprint density at radius 2 is 2.05 bits per heavy atom. The maximum absolute atomic E-state index is 12.5. The second-order valence-electron chi connectivity index (χ2n) is 5.98. The first-order chi connectivity index (χ1) is 10.2. The summed E-state index contributed by atoms with van der Waals surface area (Å²) < 4.78 is 0. The van der Waals surface area contributed by atoms with Gasteiger partial charge >= 0.3 is 0 Å². The number of aromatic nitrogens is 1. The van der Waals surface area contributed by atoms with E-state index >= 15 is 0 Å². The summed E-state index contributed by atoms with van der Waals surface area (Å²) in [5, 5.41) is 6.58. The summed E-state index contributed by atoms with van der Waals surface area (Å²) >= 11 is 1.71. The number of nitrogens with one attached hydrogen (secondary N) is 1. The zero-order chi connectivity index (χ0) is 14.7. The minimum atomic E-state index is 0.233. The fourth-order valence-electron chi connectivity index (χ4n) is 3.19. The van der Waals surface area contributed by atoms with Crippen molar-refractivity contribution in [3.8, 4) is 0 Å². The van der Waals surface area contributed by atoms with Crippen LogP contribution in [0, 0.1) is 12.8 Å². The van der Waals surface area contributed by atoms with Crippen LogP contribution in [0.3, 0.4) is 0 Å². The van der Waals surface area contributed by atoms with Crippen LogP contribution in [0.1, 0.15) is 23.5 Å². The molecule has 0 radical (unpaired) electrons. The van der Waals surface area contributed by atoms with E-state index in [4.69, 9.17) is 0 Å². The van der Waals surface area contributed by atoms with E-state index in [-0.39, 0.29) is 5.92 Å². The molecule has 2 aliphatic rings. The molecule has 0 spiro atoms. The van der Waals surface area contributed by atoms with Crippen molar-refractivity contribution in [2.75, 3.05) is 39.3 Å². The molecule has 0 aliphatic carbocycles. The number of amides is 1. The van der Waals surface area contributed by atoms with Gasteiger partial charge in [0.15, 0.2) is 0 Å². The minimum Gasteiger partial charge on any atom is -0.340 e. The van der Waals surface area contributed by atoms with Crippen molar-refractivity contribution in [3.05, 3.63) is 16.1 Å². The largest absolute Gasteiger partial charge is 0.340 e. The lowest BCUT2D eigenvalue weighted by Crippen LogP contribution is -2.50. The van der Waals surface area contributed by atoms with Gasteiger partial charge in [-0.3, -0.25) is 9.69 Å². The molecule has 0 saturated carbocycles. The van der Waals surface area contributed by atoms with Crippen LogP contribution >= 0.6 is 11.3 Å². The van der Waals surface area contributed by atoms with Crippen LogP contribution in [0.4, 0.5) is 0 Å². The molecule has 21 heavy (non-hydrogen) atoms. The third-order valence-electron chi connectivity index (χ3n) is 4.42. The molecular weight excluding hydrogens is 284 g/mol. The summed E-state index contributed by atoms with van der Waals surface area (Å²) in [5.74, 6) is 0.608. The Hall–Kier alpha value is -0.980. The smallest absolute Gasteiger partial charge is 0.225 e. The Kier molecular flexibility index (Phi) is 4.87. The highest BCUT2D eigenvalue weighted by Crippen LogP contribution is 2.21. The SMILES string of the molecule is Cc1nc(CN2CCC(C(=O)N3CCNCC3)CC2)cs1. The van der Waals surface area contributed by atoms with Gasteiger partial charge in [0.2, 0.25) is 5.91 Å². The lowest BCUT2D eigenvalue weighted by Gasteiger charge is -2.35. The number of piperidine rings is 1. The molecule has 1 amide bonds. The highest BCUT2D eigenvalue weighted by molar-refractivity contribution is 7.09. The Labute approximate surface area is 130 Å². The Bertz CT molecular complexity index is 476. The third kappa shape index (κ3) is 3.81. The van der Waals surface area contributed by atoms with Gasteiger partial charge in [-0.25, -0.2) is 4.98 Å². The first-order valence-corrected chi connectivity index (χ1v) is 8.73. The number of hydrogen-bond acceptors (Lipinski definition) is 5. The zero-order valence-corrected chi connectivity index (χ0v) is 13.5. The number of piperazine rings is 1. The molecule has 5 nitrogen and oxygen atoms in total. The van der Waals surface area contributed by atoms with E-state index in [1.165, 1.54) is 5.69 Å². The van der Waals surface area contributed by atoms with Gasteiger partial charge in [0, 0.05) is 44.0 Å². The molecule has 3 heterocycles. The van der Waals surface area contributed by atoms with Gasteiger partial charge in [-0.05, 0) is 32.9 Å². The van der Waals surface area contributed by atoms with Crippen LogP contribution < -0.4 is 5.32 Å². The van der Waals surface area contributed by atoms with Gasteiger partial charge in [0.1, 0.15) is 0 Å².